The van der Waals surface area contributed by atoms with E-state index in [2.05, 4.69) is 15.3 Å². The number of carbonyl (C=O) groups excluding carboxylic acids is 2. The third-order valence-corrected chi connectivity index (χ3v) is 8.24. The monoisotopic (exact) mass is 587 g/mol. The largest absolute Gasteiger partial charge is 0.494 e. The number of nitrogens with one attached hydrogen (secondary N) is 1. The summed E-state index contributed by atoms with van der Waals surface area (Å²) in [7, 11) is 2.93. The first-order chi connectivity index (χ1) is 20.6. The van der Waals surface area contributed by atoms with Crippen molar-refractivity contribution in [2.24, 2.45) is 11.7 Å². The molecule has 2 amide bonds. The van der Waals surface area contributed by atoms with Crippen molar-refractivity contribution in [2.45, 2.75) is 30.8 Å². The Labute approximate surface area is 246 Å². The fraction of sp³-hybridized carbons (Fsp3) is 0.323. The maximum atomic E-state index is 13.8. The van der Waals surface area contributed by atoms with Gasteiger partial charge in [-0.1, -0.05) is 0 Å². The van der Waals surface area contributed by atoms with Crippen molar-refractivity contribution in [1.29, 1.82) is 0 Å². The van der Waals surface area contributed by atoms with E-state index in [4.69, 9.17) is 24.9 Å². The summed E-state index contributed by atoms with van der Waals surface area (Å²) >= 11 is 0. The third-order valence-electron chi connectivity index (χ3n) is 8.24. The molecule has 4 N–H and O–H groups in total. The van der Waals surface area contributed by atoms with Crippen LogP contribution >= 0.6 is 0 Å². The molecule has 3 heterocycles. The molecule has 222 valence electrons. The fourth-order valence-corrected chi connectivity index (χ4v) is 5.42. The van der Waals surface area contributed by atoms with Gasteiger partial charge in [-0.25, -0.2) is 14.4 Å². The van der Waals surface area contributed by atoms with Gasteiger partial charge in [0, 0.05) is 28.3 Å². The van der Waals surface area contributed by atoms with Gasteiger partial charge in [-0.2, -0.15) is 4.98 Å². The topological polar surface area (TPSA) is 159 Å². The Kier molecular flexibility index (Phi) is 6.88. The SMILES string of the molecule is COc1ncc2cc(C(=O)NCC(O)(c3cc4c(c(-c5ccc(F)cc5)n3)OC[C@]4(C)C(N)=O)C3CC3)cc(OC)c2n1. The maximum Gasteiger partial charge on any atom is 0.316 e. The molecule has 2 aromatic carbocycles. The molecule has 43 heavy (non-hydrogen) atoms. The molecule has 6 rings (SSSR count). The summed E-state index contributed by atoms with van der Waals surface area (Å²) in [6.45, 7) is 1.50. The number of hydrogen-bond donors (Lipinski definition) is 3. The molecule has 0 spiro atoms. The normalized spacial score (nSPS) is 18.8. The quantitative estimate of drug-likeness (QED) is 0.268. The molecule has 12 heteroatoms. The number of ether oxygens (including phenoxy) is 3. The van der Waals surface area contributed by atoms with Crippen molar-refractivity contribution < 1.29 is 33.3 Å². The van der Waals surface area contributed by atoms with E-state index < -0.39 is 28.6 Å². The third kappa shape index (κ3) is 4.87. The highest BCUT2D eigenvalue weighted by atomic mass is 19.1. The number of amides is 2. The van der Waals surface area contributed by atoms with Gasteiger partial charge in [-0.05, 0) is 68.1 Å². The lowest BCUT2D eigenvalue weighted by Gasteiger charge is -2.30. The highest BCUT2D eigenvalue weighted by molar-refractivity contribution is 6.00. The molecule has 11 nitrogen and oxygen atoms in total. The molecule has 1 unspecified atom stereocenters. The minimum atomic E-state index is -1.59. The molecular formula is C31H30FN5O6. The summed E-state index contributed by atoms with van der Waals surface area (Å²) in [4.78, 5) is 39.2. The summed E-state index contributed by atoms with van der Waals surface area (Å²) in [5.74, 6) is -0.971. The van der Waals surface area contributed by atoms with E-state index in [0.717, 1.165) is 0 Å². The van der Waals surface area contributed by atoms with Gasteiger partial charge in [0.1, 0.15) is 46.1 Å². The van der Waals surface area contributed by atoms with Crippen LogP contribution in [-0.2, 0) is 15.8 Å². The lowest BCUT2D eigenvalue weighted by Crippen LogP contribution is -2.44. The minimum Gasteiger partial charge on any atom is -0.494 e. The van der Waals surface area contributed by atoms with Crippen molar-refractivity contribution >= 4 is 22.7 Å². The smallest absolute Gasteiger partial charge is 0.316 e. The first-order valence-electron chi connectivity index (χ1n) is 13.7. The lowest BCUT2D eigenvalue weighted by molar-refractivity contribution is -0.123. The van der Waals surface area contributed by atoms with Gasteiger partial charge < -0.3 is 30.4 Å². The van der Waals surface area contributed by atoms with Gasteiger partial charge in [-0.3, -0.25) is 9.59 Å². The molecule has 2 aromatic heterocycles. The predicted molar refractivity (Wildman–Crippen MR) is 153 cm³/mol. The Bertz CT molecular complexity index is 1760. The van der Waals surface area contributed by atoms with Gasteiger partial charge in [0.05, 0.1) is 26.5 Å². The number of fused-ring (bicyclic) bond motifs is 2. The Hall–Kier alpha value is -4.84. The van der Waals surface area contributed by atoms with Gasteiger partial charge in [0.15, 0.2) is 0 Å². The molecule has 1 aliphatic carbocycles. The number of benzene rings is 2. The molecular weight excluding hydrogens is 557 g/mol. The molecule has 2 atom stereocenters. The number of hydrogen-bond acceptors (Lipinski definition) is 9. The molecule has 2 aliphatic rings. The zero-order chi connectivity index (χ0) is 30.5. The van der Waals surface area contributed by atoms with Crippen LogP contribution in [0.25, 0.3) is 22.2 Å². The molecule has 1 saturated carbocycles. The first-order valence-corrected chi connectivity index (χ1v) is 13.7. The van der Waals surface area contributed by atoms with Gasteiger partial charge in [0.25, 0.3) is 5.91 Å². The van der Waals surface area contributed by atoms with Crippen LogP contribution in [0.2, 0.25) is 0 Å². The average Bonchev–Trinajstić information content (AvgIpc) is 3.82. The van der Waals surface area contributed by atoms with E-state index in [9.17, 15) is 19.1 Å². The average molecular weight is 588 g/mol. The number of methoxy groups -OCH3 is 2. The summed E-state index contributed by atoms with van der Waals surface area (Å²) in [5.41, 5.74) is 5.40. The standard InChI is InChI=1S/C31H30FN5O6/c1-30(28(33)39)15-43-26-21(30)12-23(36-25(26)16-4-8-20(32)9-5-16)31(40,19-6-7-19)14-35-27(38)17-10-18-13-34-29(42-3)37-24(18)22(11-17)41-2/h4-5,8-13,19,40H,6-7,14-15H2,1-3H3,(H2,33,39)(H,35,38)/t30-,31?/m0/s1. The number of nitrogens with two attached hydrogens (primary N) is 1. The predicted octanol–water partition coefficient (Wildman–Crippen LogP) is 3.01. The lowest BCUT2D eigenvalue weighted by atomic mass is 9.81. The van der Waals surface area contributed by atoms with Crippen LogP contribution in [0, 0.1) is 11.7 Å². The van der Waals surface area contributed by atoms with Crippen molar-refractivity contribution in [1.82, 2.24) is 20.3 Å². The number of aromatic nitrogens is 3. The molecule has 0 saturated heterocycles. The Morgan fingerprint density at radius 1 is 1.16 bits per heavy atom. The second kappa shape index (κ2) is 10.5. The van der Waals surface area contributed by atoms with E-state index >= 15 is 0 Å². The van der Waals surface area contributed by atoms with Crippen molar-refractivity contribution in [3.05, 3.63) is 71.3 Å². The fourth-order valence-electron chi connectivity index (χ4n) is 5.42. The maximum absolute atomic E-state index is 13.8. The van der Waals surface area contributed by atoms with Crippen LogP contribution < -0.4 is 25.3 Å². The van der Waals surface area contributed by atoms with Crippen molar-refractivity contribution in [3.8, 4) is 28.8 Å². The van der Waals surface area contributed by atoms with Crippen LogP contribution in [0.5, 0.6) is 17.5 Å². The summed E-state index contributed by atoms with van der Waals surface area (Å²) < 4.78 is 30.2. The number of nitrogens with zero attached hydrogens (tertiary/aromatic N) is 3. The molecule has 0 radical (unpaired) electrons. The summed E-state index contributed by atoms with van der Waals surface area (Å²) in [6, 6.07) is 10.7. The van der Waals surface area contributed by atoms with Crippen LogP contribution in [0.1, 0.15) is 41.4 Å². The highest BCUT2D eigenvalue weighted by Crippen LogP contribution is 2.50. The van der Waals surface area contributed by atoms with Crippen molar-refractivity contribution in [3.63, 3.8) is 0 Å². The van der Waals surface area contributed by atoms with Crippen LogP contribution in [-0.4, -0.2) is 59.2 Å². The van der Waals surface area contributed by atoms with Crippen LogP contribution in [0.4, 0.5) is 4.39 Å². The van der Waals surface area contributed by atoms with E-state index in [1.165, 1.54) is 32.5 Å². The van der Waals surface area contributed by atoms with E-state index in [1.807, 2.05) is 0 Å². The second-order valence-electron chi connectivity index (χ2n) is 11.1. The minimum absolute atomic E-state index is 0.00499. The molecule has 1 aliphatic heterocycles. The summed E-state index contributed by atoms with van der Waals surface area (Å²) in [6.07, 6.45) is 2.96. The van der Waals surface area contributed by atoms with Crippen LogP contribution in [0.15, 0.2) is 48.7 Å². The van der Waals surface area contributed by atoms with Gasteiger partial charge >= 0.3 is 6.01 Å². The Morgan fingerprint density at radius 3 is 2.56 bits per heavy atom. The van der Waals surface area contributed by atoms with E-state index in [-0.39, 0.29) is 36.3 Å². The molecule has 4 aromatic rings. The summed E-state index contributed by atoms with van der Waals surface area (Å²) in [5, 5.41) is 15.6. The first kappa shape index (κ1) is 28.3. The zero-order valence-electron chi connectivity index (χ0n) is 23.8. The van der Waals surface area contributed by atoms with E-state index in [1.54, 1.807) is 37.3 Å². The number of carbonyl (C=O) groups is 2. The van der Waals surface area contributed by atoms with E-state index in [0.29, 0.717) is 52.1 Å². The van der Waals surface area contributed by atoms with Crippen LogP contribution in [0.3, 0.4) is 0 Å². The number of pyridine rings is 1. The Morgan fingerprint density at radius 2 is 1.91 bits per heavy atom. The Balaban J connectivity index is 1.38. The van der Waals surface area contributed by atoms with Crippen molar-refractivity contribution in [2.75, 3.05) is 27.4 Å². The number of aliphatic hydroxyl groups is 1. The highest BCUT2D eigenvalue weighted by Gasteiger charge is 2.50. The number of halogens is 1. The van der Waals surface area contributed by atoms with Gasteiger partial charge in [0.2, 0.25) is 5.91 Å². The molecule has 0 bridgehead atoms. The van der Waals surface area contributed by atoms with Gasteiger partial charge in [-0.15, -0.1) is 0 Å². The molecule has 1 fully saturated rings. The number of rotatable bonds is 9. The number of primary amides is 1. The second-order valence-corrected chi connectivity index (χ2v) is 11.1. The zero-order valence-corrected chi connectivity index (χ0v) is 23.8.